The molecule has 0 saturated heterocycles. The lowest BCUT2D eigenvalue weighted by molar-refractivity contribution is 0.284. The molecule has 0 fully saturated rings. The predicted molar refractivity (Wildman–Crippen MR) is 152 cm³/mol. The Morgan fingerprint density at radius 1 is 0.455 bits per heavy atom. The van der Waals surface area contributed by atoms with Crippen LogP contribution in [0.3, 0.4) is 0 Å². The molecule has 0 aromatic carbocycles. The monoisotopic (exact) mass is 483 g/mol. The number of unbranched alkanes of at least 4 members (excludes halogenated alkanes) is 3. The van der Waals surface area contributed by atoms with Crippen LogP contribution in [0.2, 0.25) is 0 Å². The molecule has 0 aliphatic heterocycles. The molecular formula is C29H70O4. The fraction of sp³-hybridized carbons (Fsp3) is 1.00. The molecule has 0 aliphatic carbocycles. The van der Waals surface area contributed by atoms with Gasteiger partial charge in [-0.25, -0.2) is 0 Å². The molecule has 0 heterocycles. The summed E-state index contributed by atoms with van der Waals surface area (Å²) in [5, 5.41) is 31.7. The van der Waals surface area contributed by atoms with E-state index in [0.29, 0.717) is 19.8 Å². The Hall–Kier alpha value is -0.160. The molecule has 0 aromatic rings. The highest BCUT2D eigenvalue weighted by Gasteiger charge is 2.03. The van der Waals surface area contributed by atoms with E-state index in [0.717, 1.165) is 55.8 Å². The predicted octanol–water partition coefficient (Wildman–Crippen LogP) is 8.10. The topological polar surface area (TPSA) is 80.9 Å². The maximum Gasteiger partial charge on any atom is 0.0431 e. The molecule has 4 nitrogen and oxygen atoms in total. The Kier molecular flexibility index (Phi) is 68.7. The van der Waals surface area contributed by atoms with E-state index in [9.17, 15) is 0 Å². The highest BCUT2D eigenvalue weighted by Crippen LogP contribution is 2.14. The Balaban J connectivity index is -0.0000000681. The maximum atomic E-state index is 8.20. The summed E-state index contributed by atoms with van der Waals surface area (Å²) in [6.45, 7) is 27.3. The molecule has 2 unspecified atom stereocenters. The fourth-order valence-corrected chi connectivity index (χ4v) is 1.78. The second-order valence-electron chi connectivity index (χ2n) is 9.19. The first-order valence-corrected chi connectivity index (χ1v) is 14.0. The quantitative estimate of drug-likeness (QED) is 0.224. The summed E-state index contributed by atoms with van der Waals surface area (Å²) < 4.78 is 0. The molecule has 4 heteroatoms. The van der Waals surface area contributed by atoms with Gasteiger partial charge in [0.05, 0.1) is 0 Å². The number of hydrogen-bond acceptors (Lipinski definition) is 4. The van der Waals surface area contributed by atoms with Crippen molar-refractivity contribution in [3.05, 3.63) is 0 Å². The lowest BCUT2D eigenvalue weighted by atomic mass is 9.94. The lowest BCUT2D eigenvalue weighted by Gasteiger charge is -2.12. The van der Waals surface area contributed by atoms with Crippen LogP contribution < -0.4 is 0 Å². The first-order valence-electron chi connectivity index (χ1n) is 14.0. The van der Waals surface area contributed by atoms with E-state index in [-0.39, 0.29) is 6.61 Å². The van der Waals surface area contributed by atoms with E-state index in [4.69, 9.17) is 20.4 Å². The van der Waals surface area contributed by atoms with Crippen molar-refractivity contribution in [2.75, 3.05) is 26.4 Å². The third-order valence-electron chi connectivity index (χ3n) is 5.16. The second kappa shape index (κ2) is 49.1. The van der Waals surface area contributed by atoms with Gasteiger partial charge in [-0.15, -0.1) is 0 Å². The van der Waals surface area contributed by atoms with Crippen molar-refractivity contribution < 1.29 is 20.4 Å². The summed E-state index contributed by atoms with van der Waals surface area (Å²) in [4.78, 5) is 0. The van der Waals surface area contributed by atoms with Crippen LogP contribution in [-0.4, -0.2) is 46.9 Å². The average Bonchev–Trinajstić information content (AvgIpc) is 2.79. The first-order chi connectivity index (χ1) is 15.5. The summed E-state index contributed by atoms with van der Waals surface area (Å²) in [5.74, 6) is 3.56. The fourth-order valence-electron chi connectivity index (χ4n) is 1.78. The number of aliphatic hydroxyl groups is 4. The third-order valence-corrected chi connectivity index (χ3v) is 5.16. The maximum absolute atomic E-state index is 8.20. The van der Waals surface area contributed by atoms with Crippen molar-refractivity contribution >= 4 is 0 Å². The minimum Gasteiger partial charge on any atom is -0.397 e. The molecule has 210 valence electrons. The van der Waals surface area contributed by atoms with Crippen molar-refractivity contribution in [3.8, 4) is 0 Å². The Labute approximate surface area is 211 Å². The summed E-state index contributed by atoms with van der Waals surface area (Å²) in [5.41, 5.74) is 0. The van der Waals surface area contributed by atoms with Crippen LogP contribution in [0.4, 0.5) is 0 Å². The molecule has 0 bridgehead atoms. The molecule has 0 aromatic heterocycles. The zero-order valence-electron chi connectivity index (χ0n) is 25.3. The summed E-state index contributed by atoms with van der Waals surface area (Å²) in [7, 11) is 0. The zero-order valence-corrected chi connectivity index (χ0v) is 25.3. The molecule has 2 atom stereocenters. The number of rotatable bonds is 11. The highest BCUT2D eigenvalue weighted by atomic mass is 16.3. The van der Waals surface area contributed by atoms with E-state index in [1.807, 2.05) is 6.92 Å². The van der Waals surface area contributed by atoms with E-state index < -0.39 is 0 Å². The smallest absolute Gasteiger partial charge is 0.0431 e. The van der Waals surface area contributed by atoms with Crippen molar-refractivity contribution in [2.24, 2.45) is 23.7 Å². The normalized spacial score (nSPS) is 11.1. The third kappa shape index (κ3) is 79.9. The zero-order chi connectivity index (χ0) is 27.5. The van der Waals surface area contributed by atoms with E-state index >= 15 is 0 Å². The van der Waals surface area contributed by atoms with Crippen LogP contribution in [0.5, 0.6) is 0 Å². The largest absolute Gasteiger partial charge is 0.397 e. The van der Waals surface area contributed by atoms with Crippen LogP contribution in [-0.2, 0) is 0 Å². The van der Waals surface area contributed by atoms with Gasteiger partial charge in [0.25, 0.3) is 0 Å². The number of aliphatic hydroxyl groups excluding tert-OH is 4. The molecule has 0 saturated carbocycles. The van der Waals surface area contributed by atoms with Crippen LogP contribution >= 0.6 is 0 Å². The van der Waals surface area contributed by atoms with Gasteiger partial charge in [0.15, 0.2) is 0 Å². The molecule has 4 N–H and O–H groups in total. The van der Waals surface area contributed by atoms with Gasteiger partial charge < -0.3 is 20.4 Å². The Morgan fingerprint density at radius 2 is 0.818 bits per heavy atom. The molecule has 0 aliphatic rings. The average molecular weight is 483 g/mol. The molecule has 0 amide bonds. The van der Waals surface area contributed by atoms with Crippen molar-refractivity contribution in [1.82, 2.24) is 0 Å². The van der Waals surface area contributed by atoms with Gasteiger partial charge in [-0.3, -0.25) is 0 Å². The summed E-state index contributed by atoms with van der Waals surface area (Å²) in [6.07, 6.45) is 10.3. The second-order valence-corrected chi connectivity index (χ2v) is 9.19. The minimum absolute atomic E-state index is 0.250. The Bertz CT molecular complexity index is 238. The molecular weight excluding hydrogens is 412 g/mol. The van der Waals surface area contributed by atoms with E-state index in [1.165, 1.54) is 25.7 Å². The molecule has 33 heavy (non-hydrogen) atoms. The van der Waals surface area contributed by atoms with Gasteiger partial charge in [0.1, 0.15) is 0 Å². The number of hydrogen-bond donors (Lipinski definition) is 4. The van der Waals surface area contributed by atoms with Crippen LogP contribution in [0.15, 0.2) is 0 Å². The summed E-state index contributed by atoms with van der Waals surface area (Å²) in [6, 6.07) is 0. The molecule has 0 spiro atoms. The molecule has 0 radical (unpaired) electrons. The SMILES string of the molecule is CCC(C)C(C)C.CCCC(C)C(C)C.CCCCCO.CCCCO.CCCO.CCO. The van der Waals surface area contributed by atoms with Crippen molar-refractivity contribution in [3.63, 3.8) is 0 Å². The van der Waals surface area contributed by atoms with Crippen LogP contribution in [0.1, 0.15) is 141 Å². The van der Waals surface area contributed by atoms with Crippen molar-refractivity contribution in [1.29, 1.82) is 0 Å². The first kappa shape index (κ1) is 46.2. The molecule has 0 rings (SSSR count). The van der Waals surface area contributed by atoms with E-state index in [1.54, 1.807) is 6.92 Å². The van der Waals surface area contributed by atoms with Gasteiger partial charge in [-0.05, 0) is 49.9 Å². The van der Waals surface area contributed by atoms with Crippen LogP contribution in [0, 0.1) is 23.7 Å². The highest BCUT2D eigenvalue weighted by molar-refractivity contribution is 4.54. The van der Waals surface area contributed by atoms with Gasteiger partial charge in [0, 0.05) is 26.4 Å². The minimum atomic E-state index is 0.250. The van der Waals surface area contributed by atoms with Gasteiger partial charge in [0.2, 0.25) is 0 Å². The van der Waals surface area contributed by atoms with Gasteiger partial charge >= 0.3 is 0 Å². The van der Waals surface area contributed by atoms with Gasteiger partial charge in [-0.1, -0.05) is 115 Å². The van der Waals surface area contributed by atoms with E-state index in [2.05, 4.69) is 69.2 Å². The van der Waals surface area contributed by atoms with Crippen molar-refractivity contribution in [2.45, 2.75) is 141 Å². The summed E-state index contributed by atoms with van der Waals surface area (Å²) >= 11 is 0. The lowest BCUT2D eigenvalue weighted by Crippen LogP contribution is -2.02. The van der Waals surface area contributed by atoms with Gasteiger partial charge in [-0.2, -0.15) is 0 Å². The Morgan fingerprint density at radius 3 is 0.879 bits per heavy atom. The standard InChI is InChI=1S/C8H18.C7H16.C5H12O.C4H10O.C3H8O.C2H6O/c1-5-6-8(4)7(2)3;1-5-7(4)6(2)3;1-2-3-4-5-6;1-2-3-4-5;1-2-3-4;1-2-3/h7-8H,5-6H2,1-4H3;6-7H,5H2,1-4H3;6H,2-5H2,1H3;5H,2-4H2,1H3;4H,2-3H2,1H3;3H,2H2,1H3. The van der Waals surface area contributed by atoms with Crippen LogP contribution in [0.25, 0.3) is 0 Å².